The lowest BCUT2D eigenvalue weighted by atomic mass is 9.85. The van der Waals surface area contributed by atoms with Crippen molar-refractivity contribution in [1.82, 2.24) is 0 Å². The van der Waals surface area contributed by atoms with Gasteiger partial charge in [0.15, 0.2) is 5.41 Å². The molecule has 0 bridgehead atoms. The molecule has 0 radical (unpaired) electrons. The first-order chi connectivity index (χ1) is 5.24. The summed E-state index contributed by atoms with van der Waals surface area (Å²) < 4.78 is 0. The molecule has 0 aliphatic heterocycles. The van der Waals surface area contributed by atoms with Crippen molar-refractivity contribution in [3.05, 3.63) is 12.7 Å². The van der Waals surface area contributed by atoms with Crippen molar-refractivity contribution in [2.45, 2.75) is 12.8 Å². The first-order valence-corrected chi connectivity index (χ1v) is 3.11. The van der Waals surface area contributed by atoms with Gasteiger partial charge in [-0.2, -0.15) is 10.5 Å². The average molecular weight is 144 g/mol. The fourth-order valence-electron chi connectivity index (χ4n) is 0.688. The molecule has 0 aromatic carbocycles. The van der Waals surface area contributed by atoms with Crippen LogP contribution in [0.15, 0.2) is 12.7 Å². The van der Waals surface area contributed by atoms with Gasteiger partial charge in [-0.3, -0.25) is 0 Å². The number of nitrogens with zero attached hydrogens (tertiary/aromatic N) is 2. The summed E-state index contributed by atoms with van der Waals surface area (Å²) in [4.78, 5) is 0. The van der Waals surface area contributed by atoms with Crippen LogP contribution in [0.1, 0.15) is 12.8 Å². The molecule has 0 N–H and O–H groups in total. The molecule has 0 fully saturated rings. The second-order valence-corrected chi connectivity index (χ2v) is 2.18. The summed E-state index contributed by atoms with van der Waals surface area (Å²) in [6.45, 7) is 3.45. The van der Waals surface area contributed by atoms with Gasteiger partial charge in [-0.05, 0) is 6.42 Å². The topological polar surface area (TPSA) is 47.6 Å². The van der Waals surface area contributed by atoms with Gasteiger partial charge in [0.2, 0.25) is 0 Å². The molecule has 0 spiro atoms. The molecule has 0 aliphatic rings. The van der Waals surface area contributed by atoms with Crippen LogP contribution >= 0.6 is 0 Å². The van der Waals surface area contributed by atoms with Gasteiger partial charge in [-0.1, -0.05) is 6.08 Å². The van der Waals surface area contributed by atoms with Crippen LogP contribution < -0.4 is 0 Å². The fourth-order valence-corrected chi connectivity index (χ4v) is 0.688. The molecule has 0 saturated heterocycles. The molecule has 0 aromatic rings. The Morgan fingerprint density at radius 2 is 2.00 bits per heavy atom. The van der Waals surface area contributed by atoms with Crippen molar-refractivity contribution in [3.8, 4) is 24.5 Å². The summed E-state index contributed by atoms with van der Waals surface area (Å²) in [5.41, 5.74) is -1.06. The van der Waals surface area contributed by atoms with Gasteiger partial charge in [0.05, 0.1) is 12.1 Å². The van der Waals surface area contributed by atoms with Crippen molar-refractivity contribution >= 4 is 0 Å². The Labute approximate surface area is 66.8 Å². The highest BCUT2D eigenvalue weighted by atomic mass is 14.4. The Kier molecular flexibility index (Phi) is 3.50. The van der Waals surface area contributed by atoms with Crippen LogP contribution in [0, 0.1) is 40.4 Å². The van der Waals surface area contributed by atoms with E-state index < -0.39 is 5.41 Å². The molecular weight excluding hydrogens is 136 g/mol. The summed E-state index contributed by atoms with van der Waals surface area (Å²) in [6, 6.07) is 3.78. The second kappa shape index (κ2) is 4.15. The van der Waals surface area contributed by atoms with E-state index in [2.05, 4.69) is 12.5 Å². The maximum atomic E-state index is 8.62. The molecule has 0 unspecified atom stereocenters. The van der Waals surface area contributed by atoms with Gasteiger partial charge in [-0.15, -0.1) is 18.9 Å². The quantitative estimate of drug-likeness (QED) is 0.446. The average Bonchev–Trinajstić information content (AvgIpc) is 2.04. The minimum atomic E-state index is -1.06. The molecule has 0 rings (SSSR count). The predicted molar refractivity (Wildman–Crippen MR) is 41.9 cm³/mol. The number of hydrogen-bond donors (Lipinski definition) is 0. The Morgan fingerprint density at radius 1 is 1.45 bits per heavy atom. The van der Waals surface area contributed by atoms with Crippen molar-refractivity contribution in [1.29, 1.82) is 10.5 Å². The lowest BCUT2D eigenvalue weighted by Gasteiger charge is -2.11. The highest BCUT2D eigenvalue weighted by molar-refractivity contribution is 5.19. The van der Waals surface area contributed by atoms with Crippen LogP contribution in [0.5, 0.6) is 0 Å². The monoisotopic (exact) mass is 144 g/mol. The second-order valence-electron chi connectivity index (χ2n) is 2.18. The van der Waals surface area contributed by atoms with E-state index >= 15 is 0 Å². The standard InChI is InChI=1S/C9H8N2/c1-3-5-9(7-10,8-11)6-4-2/h1,4H,2,5-6H2. The SMILES string of the molecule is C#CCC(C#N)(C#N)CC=C. The summed E-state index contributed by atoms with van der Waals surface area (Å²) in [7, 11) is 0. The zero-order chi connectivity index (χ0) is 8.74. The minimum absolute atomic E-state index is 0.159. The molecule has 0 atom stereocenters. The van der Waals surface area contributed by atoms with Gasteiger partial charge >= 0.3 is 0 Å². The fraction of sp³-hybridized carbons (Fsp3) is 0.333. The molecule has 2 heteroatoms. The highest BCUT2D eigenvalue weighted by Crippen LogP contribution is 2.24. The maximum Gasteiger partial charge on any atom is 0.158 e. The first-order valence-electron chi connectivity index (χ1n) is 3.11. The van der Waals surface area contributed by atoms with Gasteiger partial charge in [0.25, 0.3) is 0 Å². The number of allylic oxidation sites excluding steroid dienone is 1. The van der Waals surface area contributed by atoms with Gasteiger partial charge in [0, 0.05) is 6.42 Å². The van der Waals surface area contributed by atoms with Crippen LogP contribution in [-0.2, 0) is 0 Å². The molecule has 54 valence electrons. The van der Waals surface area contributed by atoms with Gasteiger partial charge in [0.1, 0.15) is 0 Å². The van der Waals surface area contributed by atoms with Crippen LogP contribution in [0.25, 0.3) is 0 Å². The molecular formula is C9H8N2. The summed E-state index contributed by atoms with van der Waals surface area (Å²) >= 11 is 0. The van der Waals surface area contributed by atoms with Crippen LogP contribution in [-0.4, -0.2) is 0 Å². The largest absolute Gasteiger partial charge is 0.197 e. The van der Waals surface area contributed by atoms with E-state index in [0.717, 1.165) is 0 Å². The highest BCUT2D eigenvalue weighted by Gasteiger charge is 2.26. The van der Waals surface area contributed by atoms with E-state index in [1.807, 2.05) is 12.1 Å². The lowest BCUT2D eigenvalue weighted by molar-refractivity contribution is 0.548. The summed E-state index contributed by atoms with van der Waals surface area (Å²) in [6.07, 6.45) is 7.02. The van der Waals surface area contributed by atoms with E-state index in [1.54, 1.807) is 0 Å². The summed E-state index contributed by atoms with van der Waals surface area (Å²) in [5.74, 6) is 2.30. The Hall–Kier alpha value is -1.72. The minimum Gasteiger partial charge on any atom is -0.197 e. The molecule has 2 nitrogen and oxygen atoms in total. The number of hydrogen-bond acceptors (Lipinski definition) is 2. The molecule has 0 saturated carbocycles. The van der Waals surface area contributed by atoms with E-state index in [0.29, 0.717) is 6.42 Å². The van der Waals surface area contributed by atoms with Crippen LogP contribution in [0.3, 0.4) is 0 Å². The summed E-state index contributed by atoms with van der Waals surface area (Å²) in [5, 5.41) is 17.2. The Morgan fingerprint density at radius 3 is 2.27 bits per heavy atom. The third kappa shape index (κ3) is 2.17. The lowest BCUT2D eigenvalue weighted by Crippen LogP contribution is -2.13. The third-order valence-corrected chi connectivity index (χ3v) is 1.32. The number of nitriles is 2. The van der Waals surface area contributed by atoms with Gasteiger partial charge in [-0.25, -0.2) is 0 Å². The molecule has 0 heterocycles. The normalized spacial score (nSPS) is 8.82. The zero-order valence-corrected chi connectivity index (χ0v) is 6.17. The maximum absolute atomic E-state index is 8.62. The first kappa shape index (κ1) is 9.28. The third-order valence-electron chi connectivity index (χ3n) is 1.32. The zero-order valence-electron chi connectivity index (χ0n) is 6.17. The molecule has 11 heavy (non-hydrogen) atoms. The van der Waals surface area contributed by atoms with Crippen molar-refractivity contribution in [2.75, 3.05) is 0 Å². The van der Waals surface area contributed by atoms with Gasteiger partial charge < -0.3 is 0 Å². The van der Waals surface area contributed by atoms with Crippen LogP contribution in [0.2, 0.25) is 0 Å². The number of terminal acetylenes is 1. The van der Waals surface area contributed by atoms with Crippen LogP contribution in [0.4, 0.5) is 0 Å². The van der Waals surface area contributed by atoms with E-state index in [9.17, 15) is 0 Å². The predicted octanol–water partition coefficient (Wildman–Crippen LogP) is 1.62. The Bertz CT molecular complexity index is 243. The van der Waals surface area contributed by atoms with E-state index in [-0.39, 0.29) is 6.42 Å². The van der Waals surface area contributed by atoms with E-state index in [1.165, 1.54) is 6.08 Å². The van der Waals surface area contributed by atoms with E-state index in [4.69, 9.17) is 16.9 Å². The molecule has 0 amide bonds. The van der Waals surface area contributed by atoms with Crippen molar-refractivity contribution < 1.29 is 0 Å². The number of rotatable bonds is 3. The smallest absolute Gasteiger partial charge is 0.158 e. The van der Waals surface area contributed by atoms with Crippen molar-refractivity contribution in [2.24, 2.45) is 5.41 Å². The molecule has 0 aliphatic carbocycles. The molecule has 0 aromatic heterocycles. The van der Waals surface area contributed by atoms with Crippen molar-refractivity contribution in [3.63, 3.8) is 0 Å². The Balaban J connectivity index is 4.55.